The number of rotatable bonds is 2. The van der Waals surface area contributed by atoms with Crippen LogP contribution in [0.25, 0.3) is 0 Å². The molecule has 1 aliphatic heterocycles. The summed E-state index contributed by atoms with van der Waals surface area (Å²) in [6.07, 6.45) is 0.266. The van der Waals surface area contributed by atoms with Crippen molar-refractivity contribution in [2.75, 3.05) is 11.4 Å². The molecule has 1 aromatic rings. The summed E-state index contributed by atoms with van der Waals surface area (Å²) in [7, 11) is 0. The first-order valence-corrected chi connectivity index (χ1v) is 5.50. The van der Waals surface area contributed by atoms with Gasteiger partial charge in [0.15, 0.2) is 0 Å². The predicted octanol–water partition coefficient (Wildman–Crippen LogP) is 2.45. The van der Waals surface area contributed by atoms with Crippen LogP contribution in [0, 0.1) is 0 Å². The number of alkyl halides is 3. The second-order valence-corrected chi connectivity index (χ2v) is 4.05. The minimum atomic E-state index is -4.39. The molecule has 0 saturated heterocycles. The SMILES string of the molecule is NC(=O)C1=CN(c2cccc(C(F)(F)F)c2)CC=C1. The molecule has 0 fully saturated rings. The third-order valence-electron chi connectivity index (χ3n) is 2.68. The Labute approximate surface area is 107 Å². The lowest BCUT2D eigenvalue weighted by molar-refractivity contribution is -0.137. The predicted molar refractivity (Wildman–Crippen MR) is 65.2 cm³/mol. The Morgan fingerprint density at radius 2 is 2.05 bits per heavy atom. The van der Waals surface area contributed by atoms with E-state index in [1.54, 1.807) is 18.2 Å². The van der Waals surface area contributed by atoms with Gasteiger partial charge in [0.05, 0.1) is 11.1 Å². The molecular weight excluding hydrogens is 257 g/mol. The molecule has 0 bridgehead atoms. The molecule has 0 saturated carbocycles. The zero-order valence-electron chi connectivity index (χ0n) is 9.82. The van der Waals surface area contributed by atoms with E-state index in [1.807, 2.05) is 0 Å². The highest BCUT2D eigenvalue weighted by Gasteiger charge is 2.30. The van der Waals surface area contributed by atoms with Crippen molar-refractivity contribution in [3.8, 4) is 0 Å². The van der Waals surface area contributed by atoms with Crippen molar-refractivity contribution in [1.82, 2.24) is 0 Å². The first kappa shape index (κ1) is 13.2. The van der Waals surface area contributed by atoms with E-state index in [0.29, 0.717) is 12.2 Å². The quantitative estimate of drug-likeness (QED) is 0.895. The van der Waals surface area contributed by atoms with Crippen molar-refractivity contribution >= 4 is 11.6 Å². The van der Waals surface area contributed by atoms with Crippen LogP contribution in [0.3, 0.4) is 0 Å². The molecule has 0 radical (unpaired) electrons. The van der Waals surface area contributed by atoms with Gasteiger partial charge in [0.1, 0.15) is 0 Å². The maximum atomic E-state index is 12.6. The fraction of sp³-hybridized carbons (Fsp3) is 0.154. The second-order valence-electron chi connectivity index (χ2n) is 4.05. The number of benzene rings is 1. The Balaban J connectivity index is 2.33. The van der Waals surface area contributed by atoms with Crippen molar-refractivity contribution in [3.05, 3.63) is 53.8 Å². The number of amides is 1. The number of carbonyl (C=O) groups excluding carboxylic acids is 1. The summed E-state index contributed by atoms with van der Waals surface area (Å²) in [6.45, 7) is 0.387. The van der Waals surface area contributed by atoms with E-state index in [9.17, 15) is 18.0 Å². The number of carbonyl (C=O) groups is 1. The molecule has 0 spiro atoms. The summed E-state index contributed by atoms with van der Waals surface area (Å²) in [5.74, 6) is -0.618. The van der Waals surface area contributed by atoms with Gasteiger partial charge in [0.2, 0.25) is 5.91 Å². The van der Waals surface area contributed by atoms with Crippen LogP contribution in [0.15, 0.2) is 48.2 Å². The zero-order chi connectivity index (χ0) is 14.0. The Bertz CT molecular complexity index is 561. The topological polar surface area (TPSA) is 46.3 Å². The lowest BCUT2D eigenvalue weighted by atomic mass is 10.1. The largest absolute Gasteiger partial charge is 0.416 e. The van der Waals surface area contributed by atoms with Crippen LogP contribution in [0.1, 0.15) is 5.56 Å². The maximum absolute atomic E-state index is 12.6. The summed E-state index contributed by atoms with van der Waals surface area (Å²) < 4.78 is 37.9. The summed E-state index contributed by atoms with van der Waals surface area (Å²) in [6, 6.07) is 4.91. The fourth-order valence-corrected chi connectivity index (χ4v) is 1.74. The molecule has 2 rings (SSSR count). The van der Waals surface area contributed by atoms with Crippen LogP contribution in [0.5, 0.6) is 0 Å². The summed E-state index contributed by atoms with van der Waals surface area (Å²) in [5.41, 5.74) is 5.03. The lowest BCUT2D eigenvalue weighted by Crippen LogP contribution is -2.24. The van der Waals surface area contributed by atoms with Gasteiger partial charge in [-0.25, -0.2) is 0 Å². The van der Waals surface area contributed by atoms with Crippen LogP contribution in [-0.4, -0.2) is 12.5 Å². The highest BCUT2D eigenvalue weighted by atomic mass is 19.4. The fourth-order valence-electron chi connectivity index (χ4n) is 1.74. The monoisotopic (exact) mass is 268 g/mol. The van der Waals surface area contributed by atoms with Crippen LogP contribution in [-0.2, 0) is 11.0 Å². The van der Waals surface area contributed by atoms with E-state index < -0.39 is 17.6 Å². The molecule has 6 heteroatoms. The zero-order valence-corrected chi connectivity index (χ0v) is 9.82. The van der Waals surface area contributed by atoms with Gasteiger partial charge in [-0.05, 0) is 18.2 Å². The smallest absolute Gasteiger partial charge is 0.366 e. The molecule has 2 N–H and O–H groups in total. The van der Waals surface area contributed by atoms with E-state index in [0.717, 1.165) is 12.1 Å². The number of nitrogens with zero attached hydrogens (tertiary/aromatic N) is 1. The number of halogens is 3. The highest BCUT2D eigenvalue weighted by molar-refractivity contribution is 5.95. The van der Waals surface area contributed by atoms with E-state index in [2.05, 4.69) is 0 Å². The van der Waals surface area contributed by atoms with Gasteiger partial charge in [0.25, 0.3) is 0 Å². The number of hydrogen-bond donors (Lipinski definition) is 1. The van der Waals surface area contributed by atoms with Crippen LogP contribution in [0.4, 0.5) is 18.9 Å². The number of anilines is 1. The van der Waals surface area contributed by atoms with Crippen molar-refractivity contribution in [2.24, 2.45) is 5.73 Å². The maximum Gasteiger partial charge on any atom is 0.416 e. The van der Waals surface area contributed by atoms with Gasteiger partial charge in [-0.15, -0.1) is 0 Å². The molecule has 3 nitrogen and oxygen atoms in total. The minimum Gasteiger partial charge on any atom is -0.366 e. The van der Waals surface area contributed by atoms with E-state index in [4.69, 9.17) is 5.73 Å². The second kappa shape index (κ2) is 4.79. The minimum absolute atomic E-state index is 0.253. The van der Waals surface area contributed by atoms with Crippen LogP contribution in [0.2, 0.25) is 0 Å². The van der Waals surface area contributed by atoms with Crippen molar-refractivity contribution in [1.29, 1.82) is 0 Å². The van der Waals surface area contributed by atoms with Gasteiger partial charge >= 0.3 is 6.18 Å². The molecule has 1 amide bonds. The van der Waals surface area contributed by atoms with E-state index in [-0.39, 0.29) is 5.57 Å². The van der Waals surface area contributed by atoms with E-state index in [1.165, 1.54) is 17.2 Å². The molecule has 0 aliphatic carbocycles. The van der Waals surface area contributed by atoms with Gasteiger partial charge in [-0.1, -0.05) is 18.2 Å². The molecule has 0 aromatic heterocycles. The molecule has 1 aromatic carbocycles. The summed E-state index contributed by atoms with van der Waals surface area (Å²) in [5, 5.41) is 0. The van der Waals surface area contributed by atoms with Crippen LogP contribution >= 0.6 is 0 Å². The molecule has 0 unspecified atom stereocenters. The Morgan fingerprint density at radius 3 is 2.68 bits per heavy atom. The lowest BCUT2D eigenvalue weighted by Gasteiger charge is -2.23. The third-order valence-corrected chi connectivity index (χ3v) is 2.68. The molecule has 1 aliphatic rings. The third kappa shape index (κ3) is 2.96. The number of nitrogens with two attached hydrogens (primary N) is 1. The molecule has 1 heterocycles. The van der Waals surface area contributed by atoms with Gasteiger partial charge in [-0.3, -0.25) is 4.79 Å². The molecule has 100 valence electrons. The van der Waals surface area contributed by atoms with Crippen molar-refractivity contribution < 1.29 is 18.0 Å². The Kier molecular flexibility index (Phi) is 3.33. The summed E-state index contributed by atoms with van der Waals surface area (Å²) >= 11 is 0. The Hall–Kier alpha value is -2.24. The standard InChI is InChI=1S/C13H11F3N2O/c14-13(15,16)10-4-1-5-11(7-10)18-6-2-3-9(8-18)12(17)19/h1-5,7-8H,6H2,(H2,17,19). The van der Waals surface area contributed by atoms with E-state index >= 15 is 0 Å². The first-order chi connectivity index (χ1) is 8.88. The molecule has 19 heavy (non-hydrogen) atoms. The van der Waals surface area contributed by atoms with Crippen molar-refractivity contribution in [2.45, 2.75) is 6.18 Å². The van der Waals surface area contributed by atoms with Gasteiger partial charge in [-0.2, -0.15) is 13.2 Å². The van der Waals surface area contributed by atoms with Gasteiger partial charge in [0, 0.05) is 18.4 Å². The normalized spacial score (nSPS) is 15.3. The number of hydrogen-bond acceptors (Lipinski definition) is 2. The molecule has 0 atom stereocenters. The average molecular weight is 268 g/mol. The average Bonchev–Trinajstić information content (AvgIpc) is 2.38. The molecular formula is C13H11F3N2O. The highest BCUT2D eigenvalue weighted by Crippen LogP contribution is 2.32. The van der Waals surface area contributed by atoms with Crippen LogP contribution < -0.4 is 10.6 Å². The first-order valence-electron chi connectivity index (χ1n) is 5.50. The number of primary amides is 1. The Morgan fingerprint density at radius 1 is 1.32 bits per heavy atom. The van der Waals surface area contributed by atoms with Crippen molar-refractivity contribution in [3.63, 3.8) is 0 Å². The summed E-state index contributed by atoms with van der Waals surface area (Å²) in [4.78, 5) is 12.6. The van der Waals surface area contributed by atoms with Gasteiger partial charge < -0.3 is 10.6 Å².